The summed E-state index contributed by atoms with van der Waals surface area (Å²) in [6, 6.07) is 13.5. The fourth-order valence-electron chi connectivity index (χ4n) is 3.75. The molecule has 7 nitrogen and oxygen atoms in total. The van der Waals surface area contributed by atoms with Crippen molar-refractivity contribution in [2.24, 2.45) is 0 Å². The van der Waals surface area contributed by atoms with Gasteiger partial charge in [0.15, 0.2) is 5.16 Å². The Morgan fingerprint density at radius 1 is 1.13 bits per heavy atom. The van der Waals surface area contributed by atoms with Crippen molar-refractivity contribution in [2.45, 2.75) is 30.2 Å². The van der Waals surface area contributed by atoms with Crippen molar-refractivity contribution in [1.82, 2.24) is 9.97 Å². The third kappa shape index (κ3) is 4.44. The molecule has 0 saturated carbocycles. The normalized spacial score (nSPS) is 15.2. The monoisotopic (exact) mass is 437 g/mol. The maximum atomic E-state index is 13.1. The van der Waals surface area contributed by atoms with E-state index in [9.17, 15) is 9.59 Å². The highest BCUT2D eigenvalue weighted by Gasteiger charge is 2.33. The topological polar surface area (TPSA) is 93.3 Å². The Balaban J connectivity index is 1.70. The van der Waals surface area contributed by atoms with Crippen LogP contribution in [0, 0.1) is 6.92 Å². The third-order valence-corrected chi connectivity index (χ3v) is 6.14. The third-order valence-electron chi connectivity index (χ3n) is 5.20. The number of hydrogen-bond donors (Lipinski definition) is 2. The van der Waals surface area contributed by atoms with Crippen LogP contribution in [0.1, 0.15) is 34.6 Å². The van der Waals surface area contributed by atoms with Gasteiger partial charge in [-0.05, 0) is 30.7 Å². The van der Waals surface area contributed by atoms with Crippen LogP contribution >= 0.6 is 11.8 Å². The highest BCUT2D eigenvalue weighted by Crippen LogP contribution is 2.40. The zero-order valence-corrected chi connectivity index (χ0v) is 18.3. The van der Waals surface area contributed by atoms with Gasteiger partial charge >= 0.3 is 0 Å². The van der Waals surface area contributed by atoms with Gasteiger partial charge in [0.1, 0.15) is 17.3 Å². The first-order chi connectivity index (χ1) is 15.0. The molecule has 0 radical (unpaired) electrons. The van der Waals surface area contributed by atoms with Gasteiger partial charge in [0.2, 0.25) is 5.91 Å². The van der Waals surface area contributed by atoms with Crippen LogP contribution in [-0.4, -0.2) is 30.1 Å². The highest BCUT2D eigenvalue weighted by atomic mass is 32.2. The number of fused-ring (bicyclic) bond motifs is 1. The molecule has 1 aliphatic rings. The van der Waals surface area contributed by atoms with Gasteiger partial charge in [0, 0.05) is 23.7 Å². The number of H-pyrrole nitrogens is 1. The number of aromatic nitrogens is 2. The van der Waals surface area contributed by atoms with Crippen LogP contribution in [0.15, 0.2) is 52.4 Å². The minimum atomic E-state index is -0.485. The lowest BCUT2D eigenvalue weighted by molar-refractivity contribution is -0.116. The molecular formula is C23H23N3O4S. The molecule has 0 aliphatic carbocycles. The molecule has 0 bridgehead atoms. The van der Waals surface area contributed by atoms with Gasteiger partial charge in [-0.1, -0.05) is 41.6 Å². The van der Waals surface area contributed by atoms with Crippen LogP contribution in [0.2, 0.25) is 0 Å². The molecule has 1 aromatic heterocycles. The predicted molar refractivity (Wildman–Crippen MR) is 120 cm³/mol. The van der Waals surface area contributed by atoms with E-state index in [0.717, 1.165) is 5.56 Å². The molecule has 4 rings (SSSR count). The number of hydrogen-bond acceptors (Lipinski definition) is 6. The summed E-state index contributed by atoms with van der Waals surface area (Å²) in [6.07, 6.45) is 0.122. The first kappa shape index (κ1) is 21.0. The number of rotatable bonds is 6. The number of methoxy groups -OCH3 is 2. The summed E-state index contributed by atoms with van der Waals surface area (Å²) < 4.78 is 10.8. The molecule has 2 N–H and O–H groups in total. The number of anilines is 1. The van der Waals surface area contributed by atoms with Crippen molar-refractivity contribution < 1.29 is 14.3 Å². The first-order valence-electron chi connectivity index (χ1n) is 9.83. The van der Waals surface area contributed by atoms with Gasteiger partial charge in [-0.15, -0.1) is 0 Å². The Bertz CT molecular complexity index is 1190. The molecule has 31 heavy (non-hydrogen) atoms. The van der Waals surface area contributed by atoms with E-state index in [2.05, 4.69) is 21.4 Å². The number of benzene rings is 2. The number of amides is 1. The molecule has 1 atom stereocenters. The van der Waals surface area contributed by atoms with Gasteiger partial charge in [-0.25, -0.2) is 4.98 Å². The minimum Gasteiger partial charge on any atom is -0.497 e. The van der Waals surface area contributed by atoms with E-state index in [1.807, 2.05) is 25.1 Å². The van der Waals surface area contributed by atoms with Crippen molar-refractivity contribution in [3.05, 3.63) is 75.1 Å². The van der Waals surface area contributed by atoms with E-state index in [1.165, 1.54) is 17.3 Å². The number of aryl methyl sites for hydroxylation is 1. The Hall–Kier alpha value is -3.26. The average Bonchev–Trinajstić information content (AvgIpc) is 2.76. The van der Waals surface area contributed by atoms with Crippen LogP contribution in [-0.2, 0) is 10.5 Å². The quantitative estimate of drug-likeness (QED) is 0.449. The number of ether oxygens (including phenoxy) is 2. The highest BCUT2D eigenvalue weighted by molar-refractivity contribution is 7.98. The zero-order chi connectivity index (χ0) is 22.0. The molecule has 2 aromatic carbocycles. The summed E-state index contributed by atoms with van der Waals surface area (Å²) in [7, 11) is 3.13. The van der Waals surface area contributed by atoms with E-state index in [0.29, 0.717) is 39.4 Å². The van der Waals surface area contributed by atoms with E-state index < -0.39 is 5.92 Å². The summed E-state index contributed by atoms with van der Waals surface area (Å²) in [5.74, 6) is 1.48. The van der Waals surface area contributed by atoms with Gasteiger partial charge in [0.25, 0.3) is 5.56 Å². The second kappa shape index (κ2) is 8.85. The second-order valence-electron chi connectivity index (χ2n) is 7.32. The largest absolute Gasteiger partial charge is 0.497 e. The smallest absolute Gasteiger partial charge is 0.257 e. The molecule has 1 aliphatic heterocycles. The minimum absolute atomic E-state index is 0.122. The molecule has 8 heteroatoms. The number of aromatic amines is 1. The molecule has 0 spiro atoms. The summed E-state index contributed by atoms with van der Waals surface area (Å²) in [4.78, 5) is 32.9. The van der Waals surface area contributed by atoms with Crippen molar-refractivity contribution in [2.75, 3.05) is 19.5 Å². The molecule has 3 aromatic rings. The number of nitrogens with one attached hydrogen (secondary N) is 2. The maximum absolute atomic E-state index is 13.1. The summed E-state index contributed by atoms with van der Waals surface area (Å²) in [5.41, 5.74) is 3.17. The Kier molecular flexibility index (Phi) is 5.99. The van der Waals surface area contributed by atoms with Crippen LogP contribution in [0.4, 0.5) is 5.82 Å². The van der Waals surface area contributed by atoms with E-state index >= 15 is 0 Å². The number of carbonyl (C=O) groups is 1. The van der Waals surface area contributed by atoms with Crippen LogP contribution in [0.3, 0.4) is 0 Å². The van der Waals surface area contributed by atoms with Gasteiger partial charge < -0.3 is 19.8 Å². The SMILES string of the molecule is COc1ccc(OC)c([C@@H]2CC(=O)Nc3nc(SCc4cccc(C)c4)[nH]c(=O)c32)c1. The second-order valence-corrected chi connectivity index (χ2v) is 8.29. The Labute approximate surface area is 184 Å². The van der Waals surface area contributed by atoms with E-state index in [1.54, 1.807) is 32.4 Å². The van der Waals surface area contributed by atoms with Crippen molar-refractivity contribution in [1.29, 1.82) is 0 Å². The van der Waals surface area contributed by atoms with Crippen molar-refractivity contribution in [3.8, 4) is 11.5 Å². The average molecular weight is 438 g/mol. The molecular weight excluding hydrogens is 414 g/mol. The standard InChI is InChI=1S/C23H23N3O4S/c1-13-5-4-6-14(9-13)12-31-23-25-21-20(22(28)26-23)17(11-19(27)24-21)16-10-15(29-2)7-8-18(16)30-3/h4-10,17H,11-12H2,1-3H3,(H2,24,25,26,27,28)/t17-/m0/s1. The van der Waals surface area contributed by atoms with Gasteiger partial charge in [-0.2, -0.15) is 0 Å². The Morgan fingerprint density at radius 3 is 2.71 bits per heavy atom. The van der Waals surface area contributed by atoms with Gasteiger partial charge in [0.05, 0.1) is 19.8 Å². The number of carbonyl (C=O) groups excluding carboxylic acids is 1. The Morgan fingerprint density at radius 2 is 1.97 bits per heavy atom. The molecule has 0 unspecified atom stereocenters. The van der Waals surface area contributed by atoms with Crippen molar-refractivity contribution >= 4 is 23.5 Å². The van der Waals surface area contributed by atoms with Crippen LogP contribution in [0.5, 0.6) is 11.5 Å². The number of nitrogens with zero attached hydrogens (tertiary/aromatic N) is 1. The van der Waals surface area contributed by atoms with E-state index in [-0.39, 0.29) is 17.9 Å². The summed E-state index contributed by atoms with van der Waals surface area (Å²) in [5, 5.41) is 3.22. The molecule has 160 valence electrons. The molecule has 0 fully saturated rings. The fraction of sp³-hybridized carbons (Fsp3) is 0.261. The lowest BCUT2D eigenvalue weighted by Gasteiger charge is -2.26. The molecule has 1 amide bonds. The predicted octanol–water partition coefficient (Wildman–Crippen LogP) is 3.86. The number of thioether (sulfide) groups is 1. The first-order valence-corrected chi connectivity index (χ1v) is 10.8. The van der Waals surface area contributed by atoms with Gasteiger partial charge in [-0.3, -0.25) is 9.59 Å². The summed E-state index contributed by atoms with van der Waals surface area (Å²) >= 11 is 1.42. The van der Waals surface area contributed by atoms with Crippen molar-refractivity contribution in [3.63, 3.8) is 0 Å². The van der Waals surface area contributed by atoms with E-state index in [4.69, 9.17) is 9.47 Å². The molecule has 2 heterocycles. The summed E-state index contributed by atoms with van der Waals surface area (Å²) in [6.45, 7) is 2.04. The molecule has 0 saturated heterocycles. The zero-order valence-electron chi connectivity index (χ0n) is 17.5. The van der Waals surface area contributed by atoms with Crippen LogP contribution in [0.25, 0.3) is 0 Å². The van der Waals surface area contributed by atoms with Crippen LogP contribution < -0.4 is 20.3 Å². The fourth-order valence-corrected chi connectivity index (χ4v) is 4.55. The lowest BCUT2D eigenvalue weighted by Crippen LogP contribution is -2.31. The maximum Gasteiger partial charge on any atom is 0.257 e. The lowest BCUT2D eigenvalue weighted by atomic mass is 9.86.